The number of nitrogens with zero attached hydrogens (tertiary/aromatic N) is 1. The number of carbonyl (C=O) groups excluding carboxylic acids is 1. The van der Waals surface area contributed by atoms with Gasteiger partial charge in [0.1, 0.15) is 18.1 Å². The lowest BCUT2D eigenvalue weighted by Gasteiger charge is -2.49. The SMILES string of the molecule is CCCc1ccc(COc2ccc3c(c2)CC2(C3)CN(CC3(C(=O)OC)CC3)C2)c(OC)c1. The Kier molecular flexibility index (Phi) is 5.86. The Labute approximate surface area is 197 Å². The van der Waals surface area contributed by atoms with Crippen LogP contribution in [0.2, 0.25) is 0 Å². The summed E-state index contributed by atoms with van der Waals surface area (Å²) in [6.07, 6.45) is 6.34. The quantitative estimate of drug-likeness (QED) is 0.525. The first-order chi connectivity index (χ1) is 16.0. The van der Waals surface area contributed by atoms with Gasteiger partial charge in [-0.2, -0.15) is 0 Å². The third kappa shape index (κ3) is 4.35. The molecule has 5 nitrogen and oxygen atoms in total. The van der Waals surface area contributed by atoms with Crippen molar-refractivity contribution < 1.29 is 19.0 Å². The van der Waals surface area contributed by atoms with Crippen LogP contribution in [0.15, 0.2) is 36.4 Å². The molecule has 2 aliphatic carbocycles. The molecule has 1 saturated heterocycles. The van der Waals surface area contributed by atoms with Crippen molar-refractivity contribution in [3.05, 3.63) is 58.7 Å². The summed E-state index contributed by atoms with van der Waals surface area (Å²) in [5.74, 6) is 1.79. The van der Waals surface area contributed by atoms with Crippen LogP contribution < -0.4 is 9.47 Å². The summed E-state index contributed by atoms with van der Waals surface area (Å²) in [6, 6.07) is 13.0. The van der Waals surface area contributed by atoms with Crippen LogP contribution in [0.3, 0.4) is 0 Å². The summed E-state index contributed by atoms with van der Waals surface area (Å²) in [5, 5.41) is 0. The first-order valence-electron chi connectivity index (χ1n) is 12.2. The maximum absolute atomic E-state index is 12.1. The van der Waals surface area contributed by atoms with Gasteiger partial charge in [-0.25, -0.2) is 0 Å². The molecule has 3 aliphatic rings. The van der Waals surface area contributed by atoms with E-state index in [0.717, 1.165) is 75.2 Å². The largest absolute Gasteiger partial charge is 0.496 e. The summed E-state index contributed by atoms with van der Waals surface area (Å²) < 4.78 is 16.8. The Morgan fingerprint density at radius 2 is 1.82 bits per heavy atom. The molecule has 33 heavy (non-hydrogen) atoms. The highest BCUT2D eigenvalue weighted by Crippen LogP contribution is 2.51. The molecule has 1 aliphatic heterocycles. The molecule has 2 aromatic rings. The van der Waals surface area contributed by atoms with E-state index < -0.39 is 0 Å². The van der Waals surface area contributed by atoms with Crippen LogP contribution >= 0.6 is 0 Å². The van der Waals surface area contributed by atoms with Gasteiger partial charge in [-0.1, -0.05) is 31.5 Å². The van der Waals surface area contributed by atoms with Gasteiger partial charge < -0.3 is 19.1 Å². The third-order valence-electron chi connectivity index (χ3n) is 7.71. The highest BCUT2D eigenvalue weighted by molar-refractivity contribution is 5.80. The Hall–Kier alpha value is -2.53. The lowest BCUT2D eigenvalue weighted by atomic mass is 9.76. The molecule has 2 fully saturated rings. The van der Waals surface area contributed by atoms with E-state index in [1.54, 1.807) is 7.11 Å². The van der Waals surface area contributed by atoms with Crippen molar-refractivity contribution in [1.29, 1.82) is 0 Å². The number of esters is 1. The fraction of sp³-hybridized carbons (Fsp3) is 0.536. The van der Waals surface area contributed by atoms with Crippen molar-refractivity contribution in [2.24, 2.45) is 10.8 Å². The van der Waals surface area contributed by atoms with E-state index in [1.165, 1.54) is 23.8 Å². The molecule has 0 bridgehead atoms. The second-order valence-corrected chi connectivity index (χ2v) is 10.4. The van der Waals surface area contributed by atoms with Crippen molar-refractivity contribution >= 4 is 5.97 Å². The van der Waals surface area contributed by atoms with Gasteiger partial charge >= 0.3 is 5.97 Å². The second kappa shape index (κ2) is 8.68. The van der Waals surface area contributed by atoms with Gasteiger partial charge in [0, 0.05) is 30.6 Å². The van der Waals surface area contributed by atoms with E-state index in [1.807, 2.05) is 0 Å². The van der Waals surface area contributed by atoms with E-state index in [0.29, 0.717) is 12.0 Å². The number of methoxy groups -OCH3 is 2. The zero-order valence-corrected chi connectivity index (χ0v) is 20.1. The molecular formula is C28H35NO4. The van der Waals surface area contributed by atoms with E-state index in [9.17, 15) is 4.79 Å². The second-order valence-electron chi connectivity index (χ2n) is 10.4. The Bertz CT molecular complexity index is 1040. The molecule has 1 saturated carbocycles. The monoisotopic (exact) mass is 449 g/mol. The summed E-state index contributed by atoms with van der Waals surface area (Å²) in [5.41, 5.74) is 5.33. The number of benzene rings is 2. The van der Waals surface area contributed by atoms with Crippen LogP contribution in [0.1, 0.15) is 48.4 Å². The first-order valence-corrected chi connectivity index (χ1v) is 12.2. The Balaban J connectivity index is 1.18. The number of aryl methyl sites for hydroxylation is 1. The van der Waals surface area contributed by atoms with Gasteiger partial charge in [0.15, 0.2) is 0 Å². The number of hydrogen-bond donors (Lipinski definition) is 0. The number of likely N-dealkylation sites (tertiary alicyclic amines) is 1. The minimum absolute atomic E-state index is 0.0309. The molecule has 0 unspecified atom stereocenters. The molecule has 0 atom stereocenters. The van der Waals surface area contributed by atoms with Crippen LogP contribution in [0.25, 0.3) is 0 Å². The summed E-state index contributed by atoms with van der Waals surface area (Å²) in [6.45, 7) is 5.68. The lowest BCUT2D eigenvalue weighted by Crippen LogP contribution is -2.58. The fourth-order valence-corrected chi connectivity index (χ4v) is 5.87. The van der Waals surface area contributed by atoms with Crippen molar-refractivity contribution in [2.75, 3.05) is 33.9 Å². The first kappa shape index (κ1) is 22.3. The lowest BCUT2D eigenvalue weighted by molar-refractivity contribution is -0.149. The van der Waals surface area contributed by atoms with Gasteiger partial charge in [0.25, 0.3) is 0 Å². The van der Waals surface area contributed by atoms with Crippen molar-refractivity contribution in [3.63, 3.8) is 0 Å². The minimum atomic E-state index is -0.224. The average molecular weight is 450 g/mol. The average Bonchev–Trinajstić information content (AvgIpc) is 3.48. The van der Waals surface area contributed by atoms with Crippen LogP contribution in [-0.4, -0.2) is 44.7 Å². The van der Waals surface area contributed by atoms with E-state index in [-0.39, 0.29) is 11.4 Å². The van der Waals surface area contributed by atoms with Gasteiger partial charge in [-0.15, -0.1) is 0 Å². The molecule has 1 spiro atoms. The van der Waals surface area contributed by atoms with Gasteiger partial charge in [0.05, 0.1) is 19.6 Å². The topological polar surface area (TPSA) is 48.0 Å². The van der Waals surface area contributed by atoms with Crippen LogP contribution in [0, 0.1) is 10.8 Å². The zero-order valence-electron chi connectivity index (χ0n) is 20.1. The summed E-state index contributed by atoms with van der Waals surface area (Å²) >= 11 is 0. The van der Waals surface area contributed by atoms with Gasteiger partial charge in [-0.05, 0) is 67.0 Å². The summed E-state index contributed by atoms with van der Waals surface area (Å²) in [4.78, 5) is 14.5. The van der Waals surface area contributed by atoms with Crippen molar-refractivity contribution in [2.45, 2.75) is 52.1 Å². The molecule has 0 radical (unpaired) electrons. The van der Waals surface area contributed by atoms with E-state index >= 15 is 0 Å². The number of fused-ring (bicyclic) bond motifs is 1. The molecule has 5 rings (SSSR count). The van der Waals surface area contributed by atoms with Gasteiger partial charge in [0.2, 0.25) is 0 Å². The van der Waals surface area contributed by atoms with Crippen LogP contribution in [-0.2, 0) is 35.4 Å². The maximum Gasteiger partial charge on any atom is 0.313 e. The highest BCUT2D eigenvalue weighted by atomic mass is 16.5. The predicted octanol–water partition coefficient (Wildman–Crippen LogP) is 4.58. The van der Waals surface area contributed by atoms with E-state index in [4.69, 9.17) is 14.2 Å². The normalized spacial score (nSPS) is 19.6. The van der Waals surface area contributed by atoms with Crippen LogP contribution in [0.5, 0.6) is 11.5 Å². The Morgan fingerprint density at radius 3 is 2.52 bits per heavy atom. The molecule has 176 valence electrons. The molecule has 0 N–H and O–H groups in total. The molecular weight excluding hydrogens is 414 g/mol. The Morgan fingerprint density at radius 1 is 1.03 bits per heavy atom. The van der Waals surface area contributed by atoms with E-state index in [2.05, 4.69) is 48.2 Å². The molecule has 5 heteroatoms. The summed E-state index contributed by atoms with van der Waals surface area (Å²) in [7, 11) is 3.23. The van der Waals surface area contributed by atoms with Crippen molar-refractivity contribution in [1.82, 2.24) is 4.90 Å². The number of hydrogen-bond acceptors (Lipinski definition) is 5. The number of carbonyl (C=O) groups is 1. The molecule has 2 aromatic carbocycles. The maximum atomic E-state index is 12.1. The van der Waals surface area contributed by atoms with Crippen LogP contribution in [0.4, 0.5) is 0 Å². The smallest absolute Gasteiger partial charge is 0.313 e. The number of ether oxygens (including phenoxy) is 3. The molecule has 0 aromatic heterocycles. The number of rotatable bonds is 9. The van der Waals surface area contributed by atoms with Gasteiger partial charge in [-0.3, -0.25) is 4.79 Å². The third-order valence-corrected chi connectivity index (χ3v) is 7.71. The molecule has 1 heterocycles. The fourth-order valence-electron chi connectivity index (χ4n) is 5.87. The zero-order chi connectivity index (χ0) is 23.1. The minimum Gasteiger partial charge on any atom is -0.496 e. The van der Waals surface area contributed by atoms with Crippen molar-refractivity contribution in [3.8, 4) is 11.5 Å². The molecule has 0 amide bonds. The predicted molar refractivity (Wildman–Crippen MR) is 128 cm³/mol. The standard InChI is InChI=1S/C28H35NO4/c1-4-5-20-6-7-22(25(12-20)31-2)16-33-24-9-8-21-14-27(15-23(21)13-24)17-29(18-27)19-28(10-11-28)26(30)32-3/h6-9,12-13H,4-5,10-11,14-19H2,1-3H3. The highest BCUT2D eigenvalue weighted by Gasteiger charge is 2.56.